The molecule has 118 valence electrons. The zero-order valence-corrected chi connectivity index (χ0v) is 14.3. The van der Waals surface area contributed by atoms with E-state index in [2.05, 4.69) is 54.6 Å². The molecule has 3 nitrogen and oxygen atoms in total. The Morgan fingerprint density at radius 3 is 2.59 bits per heavy atom. The van der Waals surface area contributed by atoms with Gasteiger partial charge in [0, 0.05) is 32.3 Å². The highest BCUT2D eigenvalue weighted by atomic mass is 32.2. The average molecular weight is 316 g/mol. The number of rotatable bonds is 4. The van der Waals surface area contributed by atoms with Crippen molar-refractivity contribution in [3.63, 3.8) is 0 Å². The van der Waals surface area contributed by atoms with Gasteiger partial charge in [-0.2, -0.15) is 0 Å². The second kappa shape index (κ2) is 6.39. The predicted molar refractivity (Wildman–Crippen MR) is 92.2 cm³/mol. The maximum atomic E-state index is 12.7. The Bertz CT molecular complexity index is 605. The van der Waals surface area contributed by atoms with Gasteiger partial charge in [0.15, 0.2) is 0 Å². The quantitative estimate of drug-likeness (QED) is 0.851. The summed E-state index contributed by atoms with van der Waals surface area (Å²) >= 11 is 0. The van der Waals surface area contributed by atoms with Crippen molar-refractivity contribution < 1.29 is 4.21 Å². The van der Waals surface area contributed by atoms with Crippen molar-refractivity contribution >= 4 is 11.0 Å². The normalized spacial score (nSPS) is 25.5. The molecule has 3 rings (SSSR count). The van der Waals surface area contributed by atoms with Gasteiger partial charge in [-0.05, 0) is 23.6 Å². The summed E-state index contributed by atoms with van der Waals surface area (Å²) in [7, 11) is 0.975. The Morgan fingerprint density at radius 2 is 1.91 bits per heavy atom. The van der Waals surface area contributed by atoms with Crippen LogP contribution in [0.1, 0.15) is 25.3 Å². The van der Waals surface area contributed by atoms with Crippen LogP contribution in [0.2, 0.25) is 0 Å². The number of benzene rings is 1. The molecule has 1 aromatic carbocycles. The van der Waals surface area contributed by atoms with Crippen LogP contribution in [0.15, 0.2) is 53.7 Å². The van der Waals surface area contributed by atoms with E-state index in [9.17, 15) is 4.21 Å². The predicted octanol–water partition coefficient (Wildman–Crippen LogP) is 3.32. The van der Waals surface area contributed by atoms with Gasteiger partial charge >= 0.3 is 0 Å². The number of nitrogens with zero attached hydrogens (tertiary/aromatic N) is 2. The molecule has 0 radical (unpaired) electrons. The van der Waals surface area contributed by atoms with E-state index < -0.39 is 11.0 Å². The molecule has 2 aliphatic heterocycles. The van der Waals surface area contributed by atoms with Crippen LogP contribution in [0.4, 0.5) is 0 Å². The maximum absolute atomic E-state index is 12.7. The lowest BCUT2D eigenvalue weighted by molar-refractivity contribution is 0.184. The third-order valence-electron chi connectivity index (χ3n) is 4.73. The van der Waals surface area contributed by atoms with E-state index in [1.54, 1.807) is 0 Å². The van der Waals surface area contributed by atoms with Gasteiger partial charge in [-0.1, -0.05) is 50.3 Å². The summed E-state index contributed by atoms with van der Waals surface area (Å²) in [6.07, 6.45) is 6.15. The lowest BCUT2D eigenvalue weighted by Crippen LogP contribution is -2.50. The van der Waals surface area contributed by atoms with Gasteiger partial charge in [0.25, 0.3) is 0 Å². The van der Waals surface area contributed by atoms with E-state index in [4.69, 9.17) is 0 Å². The molecule has 0 aliphatic carbocycles. The van der Waals surface area contributed by atoms with Gasteiger partial charge in [-0.15, -0.1) is 0 Å². The van der Waals surface area contributed by atoms with Crippen molar-refractivity contribution in [1.82, 2.24) is 9.21 Å². The second-order valence-corrected chi connectivity index (χ2v) is 7.87. The summed E-state index contributed by atoms with van der Waals surface area (Å²) in [6, 6.07) is 10.6. The summed E-state index contributed by atoms with van der Waals surface area (Å²) in [6.45, 7) is 6.22. The molecule has 22 heavy (non-hydrogen) atoms. The van der Waals surface area contributed by atoms with E-state index in [1.165, 1.54) is 5.56 Å². The first-order chi connectivity index (χ1) is 10.6. The van der Waals surface area contributed by atoms with Gasteiger partial charge < -0.3 is 4.90 Å². The molecular formula is C18H24N2OS. The summed E-state index contributed by atoms with van der Waals surface area (Å²) in [5, 5.41) is 0. The molecule has 0 amide bonds. The fraction of sp³-hybridized carbons (Fsp3) is 0.444. The molecule has 1 fully saturated rings. The van der Waals surface area contributed by atoms with Gasteiger partial charge in [-0.25, -0.2) is 8.51 Å². The van der Waals surface area contributed by atoms with Crippen molar-refractivity contribution in [1.29, 1.82) is 0 Å². The van der Waals surface area contributed by atoms with Crippen molar-refractivity contribution in [2.45, 2.75) is 19.8 Å². The molecule has 0 bridgehead atoms. The second-order valence-electron chi connectivity index (χ2n) is 6.38. The minimum Gasteiger partial charge on any atom is -0.357 e. The van der Waals surface area contributed by atoms with Crippen molar-refractivity contribution in [2.75, 3.05) is 20.1 Å². The molecule has 0 spiro atoms. The lowest BCUT2D eigenvalue weighted by Gasteiger charge is -2.42. The Balaban J connectivity index is 1.60. The molecule has 3 atom stereocenters. The smallest absolute Gasteiger partial charge is 0.125 e. The van der Waals surface area contributed by atoms with E-state index in [1.807, 2.05) is 24.3 Å². The number of hydrogen-bond acceptors (Lipinski definition) is 2. The highest BCUT2D eigenvalue weighted by Gasteiger charge is 2.37. The van der Waals surface area contributed by atoms with Crippen LogP contribution in [-0.2, 0) is 11.0 Å². The molecular weight excluding hydrogens is 292 g/mol. The first kappa shape index (κ1) is 15.5. The Hall–Kier alpha value is -1.39. The van der Waals surface area contributed by atoms with Crippen LogP contribution in [0, 0.1) is 11.8 Å². The van der Waals surface area contributed by atoms with Gasteiger partial charge in [0.05, 0.1) is 4.91 Å². The van der Waals surface area contributed by atoms with Crippen LogP contribution in [0.5, 0.6) is 0 Å². The first-order valence-corrected chi connectivity index (χ1v) is 9.00. The number of hydrogen-bond donors (Lipinski definition) is 0. The highest BCUT2D eigenvalue weighted by Crippen LogP contribution is 2.35. The fourth-order valence-corrected chi connectivity index (χ4v) is 4.63. The van der Waals surface area contributed by atoms with Crippen LogP contribution >= 0.6 is 0 Å². The third-order valence-corrected chi connectivity index (χ3v) is 6.38. The van der Waals surface area contributed by atoms with Gasteiger partial charge in [-0.3, -0.25) is 0 Å². The van der Waals surface area contributed by atoms with Crippen LogP contribution < -0.4 is 0 Å². The van der Waals surface area contributed by atoms with E-state index in [0.717, 1.165) is 18.0 Å². The Morgan fingerprint density at radius 1 is 1.23 bits per heavy atom. The van der Waals surface area contributed by atoms with Crippen LogP contribution in [-0.4, -0.2) is 33.6 Å². The molecule has 1 saturated heterocycles. The summed E-state index contributed by atoms with van der Waals surface area (Å²) < 4.78 is 14.8. The average Bonchev–Trinajstić information content (AvgIpc) is 2.49. The molecule has 0 saturated carbocycles. The van der Waals surface area contributed by atoms with Crippen LogP contribution in [0.3, 0.4) is 0 Å². The van der Waals surface area contributed by atoms with Crippen LogP contribution in [0.25, 0.3) is 0 Å². The van der Waals surface area contributed by atoms with Gasteiger partial charge in [0.1, 0.15) is 11.0 Å². The van der Waals surface area contributed by atoms with Crippen molar-refractivity contribution in [3.8, 4) is 0 Å². The standard InChI is InChI=1S/C18H24N2OS/c1-14-9-10-19(3)13-18(14)22(21)20-11-17(12-20)15(2)16-7-5-4-6-8-16/h4-10,13-15,17H,11-12H2,1-3H3. The fourth-order valence-electron chi connectivity index (χ4n) is 3.02. The summed E-state index contributed by atoms with van der Waals surface area (Å²) in [4.78, 5) is 2.99. The summed E-state index contributed by atoms with van der Waals surface area (Å²) in [5.74, 6) is 1.37. The monoisotopic (exact) mass is 316 g/mol. The topological polar surface area (TPSA) is 23.6 Å². The Labute approximate surface area is 135 Å². The third kappa shape index (κ3) is 3.03. The minimum atomic E-state index is -1.01. The molecule has 0 N–H and O–H groups in total. The van der Waals surface area contributed by atoms with Gasteiger partial charge in [0.2, 0.25) is 0 Å². The van der Waals surface area contributed by atoms with E-state index in [-0.39, 0.29) is 5.92 Å². The molecule has 3 unspecified atom stereocenters. The molecule has 2 aliphatic rings. The van der Waals surface area contributed by atoms with Crippen molar-refractivity contribution in [2.24, 2.45) is 11.8 Å². The molecule has 4 heteroatoms. The first-order valence-electron chi connectivity index (χ1n) is 7.90. The molecule has 0 aromatic heterocycles. The summed E-state index contributed by atoms with van der Waals surface area (Å²) in [5.41, 5.74) is 1.38. The minimum absolute atomic E-state index is 0.252. The van der Waals surface area contributed by atoms with E-state index >= 15 is 0 Å². The zero-order valence-electron chi connectivity index (χ0n) is 13.5. The molecule has 1 aromatic rings. The largest absolute Gasteiger partial charge is 0.357 e. The van der Waals surface area contributed by atoms with Crippen molar-refractivity contribution in [3.05, 3.63) is 59.3 Å². The maximum Gasteiger partial charge on any atom is 0.125 e. The van der Waals surface area contributed by atoms with E-state index in [0.29, 0.717) is 11.8 Å². The molecule has 2 heterocycles. The number of allylic oxidation sites excluding steroid dienone is 2. The Kier molecular flexibility index (Phi) is 4.50. The zero-order chi connectivity index (χ0) is 15.7. The SMILES string of the molecule is CC1C=CN(C)C=C1S(=O)N1CC(C(C)c2ccccc2)C1. The highest BCUT2D eigenvalue weighted by molar-refractivity contribution is 7.86. The lowest BCUT2D eigenvalue weighted by atomic mass is 9.84.